The molecule has 2 atom stereocenters. The molecule has 0 saturated carbocycles. The van der Waals surface area contributed by atoms with Gasteiger partial charge >= 0.3 is 6.03 Å². The Morgan fingerprint density at radius 2 is 1.72 bits per heavy atom. The summed E-state index contributed by atoms with van der Waals surface area (Å²) in [5, 5.41) is 4.00. The number of carbonyl (C=O) groups excluding carboxylic acids is 3. The SMILES string of the molecule is Cc1ccc(CNC(=O)c2ccccc2N2C(=O)[C@@H]3Cc4c([nH]c5ccccc45)C(C)N3C2=O)cc1. The number of anilines is 1. The van der Waals surface area contributed by atoms with Crippen molar-refractivity contribution in [3.8, 4) is 0 Å². The fourth-order valence-electron chi connectivity index (χ4n) is 5.43. The van der Waals surface area contributed by atoms with Gasteiger partial charge in [-0.25, -0.2) is 9.69 Å². The highest BCUT2D eigenvalue weighted by atomic mass is 16.2. The molecule has 1 fully saturated rings. The van der Waals surface area contributed by atoms with Crippen molar-refractivity contribution in [1.29, 1.82) is 0 Å². The zero-order valence-corrected chi connectivity index (χ0v) is 20.1. The smallest absolute Gasteiger partial charge is 0.332 e. The molecular weight excluding hydrogens is 452 g/mol. The second-order valence-electron chi connectivity index (χ2n) is 9.51. The first-order chi connectivity index (χ1) is 17.4. The van der Waals surface area contributed by atoms with Gasteiger partial charge in [-0.2, -0.15) is 0 Å². The average Bonchev–Trinajstić information content (AvgIpc) is 3.39. The van der Waals surface area contributed by atoms with Crippen molar-refractivity contribution >= 4 is 34.4 Å². The maximum absolute atomic E-state index is 13.7. The number of H-pyrrole nitrogens is 1. The monoisotopic (exact) mass is 478 g/mol. The van der Waals surface area contributed by atoms with Crippen LogP contribution in [0.2, 0.25) is 0 Å². The van der Waals surface area contributed by atoms with Gasteiger partial charge in [0.05, 0.1) is 17.3 Å². The topological polar surface area (TPSA) is 85.5 Å². The number of amides is 4. The summed E-state index contributed by atoms with van der Waals surface area (Å²) < 4.78 is 0. The number of hydrogen-bond acceptors (Lipinski definition) is 3. The Morgan fingerprint density at radius 1 is 1.00 bits per heavy atom. The molecule has 2 N–H and O–H groups in total. The summed E-state index contributed by atoms with van der Waals surface area (Å²) in [4.78, 5) is 46.8. The summed E-state index contributed by atoms with van der Waals surface area (Å²) in [6.45, 7) is 4.30. The predicted octanol–water partition coefficient (Wildman–Crippen LogP) is 4.86. The molecule has 6 rings (SSSR count). The highest BCUT2D eigenvalue weighted by Crippen LogP contribution is 2.42. The van der Waals surface area contributed by atoms with Crippen LogP contribution in [0, 0.1) is 6.92 Å². The Kier molecular flexibility index (Phi) is 5.14. The molecule has 3 aromatic carbocycles. The van der Waals surface area contributed by atoms with E-state index in [1.54, 1.807) is 29.2 Å². The van der Waals surface area contributed by atoms with Gasteiger partial charge in [0.25, 0.3) is 11.8 Å². The van der Waals surface area contributed by atoms with Crippen LogP contribution in [0.1, 0.15) is 45.7 Å². The van der Waals surface area contributed by atoms with E-state index in [0.29, 0.717) is 24.2 Å². The summed E-state index contributed by atoms with van der Waals surface area (Å²) in [6, 6.07) is 21.4. The molecule has 36 heavy (non-hydrogen) atoms. The number of rotatable bonds is 4. The number of nitrogens with zero attached hydrogens (tertiary/aromatic N) is 2. The van der Waals surface area contributed by atoms with Gasteiger partial charge in [-0.05, 0) is 43.2 Å². The van der Waals surface area contributed by atoms with E-state index in [4.69, 9.17) is 0 Å². The lowest BCUT2D eigenvalue weighted by atomic mass is 9.93. The largest absolute Gasteiger partial charge is 0.356 e. The summed E-state index contributed by atoms with van der Waals surface area (Å²) in [5.41, 5.74) is 5.76. The predicted molar refractivity (Wildman–Crippen MR) is 138 cm³/mol. The van der Waals surface area contributed by atoms with Crippen LogP contribution in [-0.4, -0.2) is 33.8 Å². The standard InChI is InChI=1S/C29H26N4O3/c1-17-11-13-19(14-12-17)16-30-27(34)21-8-4-6-10-24(21)33-28(35)25-15-22-20-7-3-5-9-23(20)31-26(22)18(2)32(25)29(33)36/h3-14,18,25,31H,15-16H2,1-2H3,(H,30,34)/t18?,25-/m0/s1. The van der Waals surface area contributed by atoms with Crippen molar-refractivity contribution in [2.45, 2.75) is 38.9 Å². The van der Waals surface area contributed by atoms with E-state index in [9.17, 15) is 14.4 Å². The number of aryl methyl sites for hydroxylation is 1. The van der Waals surface area contributed by atoms with Crippen LogP contribution in [0.25, 0.3) is 10.9 Å². The van der Waals surface area contributed by atoms with Crippen LogP contribution in [0.3, 0.4) is 0 Å². The molecule has 0 bridgehead atoms. The van der Waals surface area contributed by atoms with Gasteiger partial charge in [-0.1, -0.05) is 60.2 Å². The number of hydrogen-bond donors (Lipinski definition) is 2. The molecule has 2 aliphatic heterocycles. The number of fused-ring (bicyclic) bond motifs is 4. The number of aromatic nitrogens is 1. The van der Waals surface area contributed by atoms with Gasteiger partial charge < -0.3 is 15.2 Å². The van der Waals surface area contributed by atoms with Crippen molar-refractivity contribution in [2.24, 2.45) is 0 Å². The maximum atomic E-state index is 13.7. The van der Waals surface area contributed by atoms with Crippen LogP contribution < -0.4 is 10.2 Å². The molecule has 7 heteroatoms. The third-order valence-electron chi connectivity index (χ3n) is 7.30. The Bertz CT molecular complexity index is 1520. The average molecular weight is 479 g/mol. The molecule has 7 nitrogen and oxygen atoms in total. The molecule has 3 heterocycles. The fourth-order valence-corrected chi connectivity index (χ4v) is 5.43. The molecule has 0 spiro atoms. The number of nitrogens with one attached hydrogen (secondary N) is 2. The Labute approximate surface area is 208 Å². The number of aromatic amines is 1. The van der Waals surface area contributed by atoms with Crippen molar-refractivity contribution in [3.63, 3.8) is 0 Å². The second kappa shape index (κ2) is 8.37. The summed E-state index contributed by atoms with van der Waals surface area (Å²) in [7, 11) is 0. The lowest BCUT2D eigenvalue weighted by Crippen LogP contribution is -2.42. The minimum absolute atomic E-state index is 0.294. The zero-order chi connectivity index (χ0) is 25.0. The minimum Gasteiger partial charge on any atom is -0.356 e. The van der Waals surface area contributed by atoms with Gasteiger partial charge in [-0.15, -0.1) is 0 Å². The quantitative estimate of drug-likeness (QED) is 0.411. The fraction of sp³-hybridized carbons (Fsp3) is 0.207. The molecule has 4 amide bonds. The highest BCUT2D eigenvalue weighted by Gasteiger charge is 2.52. The van der Waals surface area contributed by atoms with E-state index in [0.717, 1.165) is 33.3 Å². The van der Waals surface area contributed by atoms with E-state index in [1.165, 1.54) is 4.90 Å². The van der Waals surface area contributed by atoms with E-state index in [1.807, 2.05) is 62.4 Å². The number of para-hydroxylation sites is 2. The minimum atomic E-state index is -0.608. The van der Waals surface area contributed by atoms with Crippen molar-refractivity contribution in [2.75, 3.05) is 4.90 Å². The first kappa shape index (κ1) is 22.1. The third kappa shape index (κ3) is 3.39. The molecule has 180 valence electrons. The Morgan fingerprint density at radius 3 is 2.53 bits per heavy atom. The number of imide groups is 1. The Balaban J connectivity index is 1.30. The van der Waals surface area contributed by atoms with E-state index >= 15 is 0 Å². The molecule has 1 saturated heterocycles. The highest BCUT2D eigenvalue weighted by molar-refractivity contribution is 6.24. The van der Waals surface area contributed by atoms with Crippen LogP contribution in [0.5, 0.6) is 0 Å². The Hall–Kier alpha value is -4.39. The summed E-state index contributed by atoms with van der Waals surface area (Å²) in [6.07, 6.45) is 0.437. The van der Waals surface area contributed by atoms with Crippen LogP contribution >= 0.6 is 0 Å². The molecule has 1 aromatic heterocycles. The molecule has 4 aromatic rings. The maximum Gasteiger partial charge on any atom is 0.332 e. The van der Waals surface area contributed by atoms with Gasteiger partial charge in [0, 0.05) is 29.6 Å². The van der Waals surface area contributed by atoms with Gasteiger partial charge in [0.15, 0.2) is 0 Å². The number of carbonyl (C=O) groups is 3. The van der Waals surface area contributed by atoms with E-state index in [-0.39, 0.29) is 17.9 Å². The summed E-state index contributed by atoms with van der Waals surface area (Å²) >= 11 is 0. The normalized spacial score (nSPS) is 18.9. The van der Waals surface area contributed by atoms with Crippen LogP contribution in [0.15, 0.2) is 72.8 Å². The third-order valence-corrected chi connectivity index (χ3v) is 7.30. The molecule has 1 unspecified atom stereocenters. The van der Waals surface area contributed by atoms with Crippen molar-refractivity contribution in [1.82, 2.24) is 15.2 Å². The molecule has 0 aliphatic carbocycles. The lowest BCUT2D eigenvalue weighted by Gasteiger charge is -2.33. The first-order valence-corrected chi connectivity index (χ1v) is 12.1. The molecular formula is C29H26N4O3. The van der Waals surface area contributed by atoms with Crippen molar-refractivity contribution < 1.29 is 14.4 Å². The molecule has 0 radical (unpaired) electrons. The van der Waals surface area contributed by atoms with Crippen LogP contribution in [-0.2, 0) is 17.8 Å². The van der Waals surface area contributed by atoms with Gasteiger partial charge in [0.2, 0.25) is 0 Å². The van der Waals surface area contributed by atoms with E-state index < -0.39 is 12.1 Å². The molecule has 2 aliphatic rings. The van der Waals surface area contributed by atoms with Gasteiger partial charge in [0.1, 0.15) is 6.04 Å². The summed E-state index contributed by atoms with van der Waals surface area (Å²) in [5.74, 6) is -0.637. The zero-order valence-electron chi connectivity index (χ0n) is 20.1. The van der Waals surface area contributed by atoms with Gasteiger partial charge in [-0.3, -0.25) is 9.59 Å². The number of urea groups is 1. The lowest BCUT2D eigenvalue weighted by molar-refractivity contribution is -0.120. The number of benzene rings is 3. The second-order valence-corrected chi connectivity index (χ2v) is 9.51. The van der Waals surface area contributed by atoms with Crippen LogP contribution in [0.4, 0.5) is 10.5 Å². The first-order valence-electron chi connectivity index (χ1n) is 12.1. The van der Waals surface area contributed by atoms with Crippen molar-refractivity contribution in [3.05, 3.63) is 101 Å². The van der Waals surface area contributed by atoms with E-state index in [2.05, 4.69) is 10.3 Å².